The van der Waals surface area contributed by atoms with Crippen LogP contribution in [-0.2, 0) is 0 Å². The van der Waals surface area contributed by atoms with Crippen LogP contribution in [-0.4, -0.2) is 30.4 Å². The SMILES string of the molecule is NC(=O)NCO.O=Cc1ccccc1C=O. The minimum Gasteiger partial charge on any atom is -0.376 e. The lowest BCUT2D eigenvalue weighted by molar-refractivity contribution is 0.109. The van der Waals surface area contributed by atoms with Crippen molar-refractivity contribution in [2.45, 2.75) is 0 Å². The molecule has 1 aromatic carbocycles. The number of aliphatic hydroxyl groups excluding tert-OH is 1. The number of amides is 2. The summed E-state index contributed by atoms with van der Waals surface area (Å²) in [4.78, 5) is 30.0. The van der Waals surface area contributed by atoms with Gasteiger partial charge in [0.15, 0.2) is 12.6 Å². The number of hydrogen-bond acceptors (Lipinski definition) is 4. The van der Waals surface area contributed by atoms with Crippen LogP contribution in [0.15, 0.2) is 24.3 Å². The lowest BCUT2D eigenvalue weighted by Gasteiger charge is -1.91. The van der Waals surface area contributed by atoms with Gasteiger partial charge in [-0.25, -0.2) is 4.79 Å². The van der Waals surface area contributed by atoms with Crippen LogP contribution in [0.25, 0.3) is 0 Å². The maximum absolute atomic E-state index is 10.2. The van der Waals surface area contributed by atoms with Crippen LogP contribution in [0.3, 0.4) is 0 Å². The zero-order valence-corrected chi connectivity index (χ0v) is 8.42. The fraction of sp³-hybridized carbons (Fsp3) is 0.100. The van der Waals surface area contributed by atoms with E-state index in [1.165, 1.54) is 0 Å². The number of carbonyl (C=O) groups excluding carboxylic acids is 3. The van der Waals surface area contributed by atoms with Crippen LogP contribution in [0.5, 0.6) is 0 Å². The average molecular weight is 224 g/mol. The molecule has 1 rings (SSSR count). The second-order valence-electron chi connectivity index (χ2n) is 2.56. The molecule has 0 heterocycles. The molecule has 6 nitrogen and oxygen atoms in total. The molecule has 0 bridgehead atoms. The number of rotatable bonds is 3. The highest BCUT2D eigenvalue weighted by atomic mass is 16.3. The normalized spacial score (nSPS) is 8.31. The molecule has 0 atom stereocenters. The third kappa shape index (κ3) is 5.51. The maximum atomic E-state index is 10.2. The molecule has 2 amide bonds. The molecule has 16 heavy (non-hydrogen) atoms. The lowest BCUT2D eigenvalue weighted by Crippen LogP contribution is -2.29. The first-order valence-electron chi connectivity index (χ1n) is 4.29. The molecule has 0 aliphatic rings. The van der Waals surface area contributed by atoms with Crippen molar-refractivity contribution in [3.8, 4) is 0 Å². The first kappa shape index (κ1) is 13.8. The predicted molar refractivity (Wildman–Crippen MR) is 57.0 cm³/mol. The Labute approximate surface area is 92.1 Å². The largest absolute Gasteiger partial charge is 0.376 e. The third-order valence-corrected chi connectivity index (χ3v) is 1.50. The Morgan fingerprint density at radius 1 is 1.25 bits per heavy atom. The van der Waals surface area contributed by atoms with E-state index < -0.39 is 12.8 Å². The van der Waals surface area contributed by atoms with E-state index in [1.54, 1.807) is 24.3 Å². The summed E-state index contributed by atoms with van der Waals surface area (Å²) in [6, 6.07) is 5.94. The molecule has 0 saturated heterocycles. The zero-order valence-electron chi connectivity index (χ0n) is 8.42. The smallest absolute Gasteiger partial charge is 0.313 e. The standard InChI is InChI=1S/C8H6O2.C2H6N2O2/c9-5-7-3-1-2-4-8(7)6-10;3-2(6)4-1-5/h1-6H;5H,1H2,(H3,3,4,6). The van der Waals surface area contributed by atoms with Crippen LogP contribution in [0.4, 0.5) is 4.79 Å². The first-order valence-corrected chi connectivity index (χ1v) is 4.29. The Morgan fingerprint density at radius 3 is 1.88 bits per heavy atom. The summed E-state index contributed by atoms with van der Waals surface area (Å²) in [6.07, 6.45) is 1.34. The number of primary amides is 1. The van der Waals surface area contributed by atoms with Crippen LogP contribution in [0.2, 0.25) is 0 Å². The topological polar surface area (TPSA) is 109 Å². The molecule has 0 unspecified atom stereocenters. The molecule has 0 spiro atoms. The number of nitrogens with two attached hydrogens (primary N) is 1. The van der Waals surface area contributed by atoms with Gasteiger partial charge in [0.05, 0.1) is 0 Å². The van der Waals surface area contributed by atoms with E-state index in [0.717, 1.165) is 0 Å². The lowest BCUT2D eigenvalue weighted by atomic mass is 10.1. The van der Waals surface area contributed by atoms with Crippen molar-refractivity contribution in [1.82, 2.24) is 5.32 Å². The van der Waals surface area contributed by atoms with Gasteiger partial charge < -0.3 is 16.2 Å². The molecule has 4 N–H and O–H groups in total. The quantitative estimate of drug-likeness (QED) is 0.492. The Hall–Kier alpha value is -2.21. The van der Waals surface area contributed by atoms with Crippen molar-refractivity contribution >= 4 is 18.6 Å². The summed E-state index contributed by atoms with van der Waals surface area (Å²) in [5.74, 6) is 0. The van der Waals surface area contributed by atoms with Gasteiger partial charge in [0.1, 0.15) is 6.73 Å². The molecule has 0 radical (unpaired) electrons. The molecule has 0 aromatic heterocycles. The number of aliphatic hydroxyl groups is 1. The van der Waals surface area contributed by atoms with Gasteiger partial charge in [-0.3, -0.25) is 9.59 Å². The first-order chi connectivity index (χ1) is 7.65. The van der Waals surface area contributed by atoms with E-state index >= 15 is 0 Å². The highest BCUT2D eigenvalue weighted by Gasteiger charge is 1.95. The van der Waals surface area contributed by atoms with Crippen molar-refractivity contribution in [3.05, 3.63) is 35.4 Å². The van der Waals surface area contributed by atoms with Crippen molar-refractivity contribution in [1.29, 1.82) is 0 Å². The van der Waals surface area contributed by atoms with Crippen molar-refractivity contribution in [2.75, 3.05) is 6.73 Å². The molecule has 0 aliphatic heterocycles. The summed E-state index contributed by atoms with van der Waals surface area (Å²) in [5.41, 5.74) is 5.38. The van der Waals surface area contributed by atoms with Gasteiger partial charge in [0.2, 0.25) is 0 Å². The van der Waals surface area contributed by atoms with Gasteiger partial charge >= 0.3 is 6.03 Å². The Kier molecular flexibility index (Phi) is 7.00. The Balaban J connectivity index is 0.000000325. The zero-order chi connectivity index (χ0) is 12.4. The van der Waals surface area contributed by atoms with Gasteiger partial charge in [0, 0.05) is 11.1 Å². The number of aldehydes is 2. The fourth-order valence-electron chi connectivity index (χ4n) is 0.803. The number of urea groups is 1. The van der Waals surface area contributed by atoms with Crippen LogP contribution >= 0.6 is 0 Å². The van der Waals surface area contributed by atoms with Crippen LogP contribution in [0.1, 0.15) is 20.7 Å². The van der Waals surface area contributed by atoms with Gasteiger partial charge in [-0.15, -0.1) is 0 Å². The van der Waals surface area contributed by atoms with E-state index in [2.05, 4.69) is 5.73 Å². The molecule has 1 aromatic rings. The second kappa shape index (κ2) is 8.13. The van der Waals surface area contributed by atoms with E-state index in [4.69, 9.17) is 5.11 Å². The number of benzene rings is 1. The van der Waals surface area contributed by atoms with Crippen molar-refractivity contribution in [3.63, 3.8) is 0 Å². The highest BCUT2D eigenvalue weighted by molar-refractivity contribution is 5.89. The van der Waals surface area contributed by atoms with Crippen LogP contribution < -0.4 is 11.1 Å². The predicted octanol–water partition coefficient (Wildman–Crippen LogP) is -0.0839. The summed E-state index contributed by atoms with van der Waals surface area (Å²) < 4.78 is 0. The maximum Gasteiger partial charge on any atom is 0.313 e. The minimum absolute atomic E-state index is 0.394. The molecular formula is C10H12N2O4. The second-order valence-corrected chi connectivity index (χ2v) is 2.56. The molecule has 6 heteroatoms. The van der Waals surface area contributed by atoms with Gasteiger partial charge in [0.25, 0.3) is 0 Å². The molecule has 0 aliphatic carbocycles. The highest BCUT2D eigenvalue weighted by Crippen LogP contribution is 2.01. The van der Waals surface area contributed by atoms with Gasteiger partial charge in [-0.1, -0.05) is 24.3 Å². The minimum atomic E-state index is -0.711. The van der Waals surface area contributed by atoms with Gasteiger partial charge in [-0.05, 0) is 0 Å². The molecule has 86 valence electrons. The third-order valence-electron chi connectivity index (χ3n) is 1.50. The molecule has 0 fully saturated rings. The van der Waals surface area contributed by atoms with Gasteiger partial charge in [-0.2, -0.15) is 0 Å². The summed E-state index contributed by atoms with van der Waals surface area (Å²) in [6.45, 7) is -0.394. The molecular weight excluding hydrogens is 212 g/mol. The summed E-state index contributed by atoms with van der Waals surface area (Å²) in [7, 11) is 0. The van der Waals surface area contributed by atoms with E-state index in [0.29, 0.717) is 23.7 Å². The summed E-state index contributed by atoms with van der Waals surface area (Å²) >= 11 is 0. The van der Waals surface area contributed by atoms with E-state index in [-0.39, 0.29) is 0 Å². The number of carbonyl (C=O) groups is 3. The molecule has 0 saturated carbocycles. The monoisotopic (exact) mass is 224 g/mol. The Bertz CT molecular complexity index is 339. The average Bonchev–Trinajstić information content (AvgIpc) is 2.29. The number of hydrogen-bond donors (Lipinski definition) is 3. The fourth-order valence-corrected chi connectivity index (χ4v) is 0.803. The summed E-state index contributed by atoms with van der Waals surface area (Å²) in [5, 5.41) is 9.73. The van der Waals surface area contributed by atoms with E-state index in [1.807, 2.05) is 5.32 Å². The van der Waals surface area contributed by atoms with Crippen molar-refractivity contribution in [2.24, 2.45) is 5.73 Å². The Morgan fingerprint density at radius 2 is 1.69 bits per heavy atom. The van der Waals surface area contributed by atoms with Crippen LogP contribution in [0, 0.1) is 0 Å². The van der Waals surface area contributed by atoms with Crippen molar-refractivity contribution < 1.29 is 19.5 Å². The van der Waals surface area contributed by atoms with E-state index in [9.17, 15) is 14.4 Å². The number of nitrogens with one attached hydrogen (secondary N) is 1.